The molecule has 0 radical (unpaired) electrons. The molecule has 2 aromatic rings. The molecule has 100 valence electrons. The molecule has 4 heteroatoms. The highest BCUT2D eigenvalue weighted by Gasteiger charge is 2.23. The van der Waals surface area contributed by atoms with Crippen LogP contribution in [-0.4, -0.2) is 11.7 Å². The van der Waals surface area contributed by atoms with Gasteiger partial charge >= 0.3 is 0 Å². The number of hydrogen-bond acceptors (Lipinski definition) is 2. The molecule has 2 aromatic carbocycles. The van der Waals surface area contributed by atoms with Crippen molar-refractivity contribution < 1.29 is 9.50 Å². The fraction of sp³-hybridized carbons (Fsp3) is 0.200. The highest BCUT2D eigenvalue weighted by Crippen LogP contribution is 2.32. The van der Waals surface area contributed by atoms with E-state index in [0.717, 1.165) is 5.56 Å². The normalized spacial score (nSPS) is 14.1. The summed E-state index contributed by atoms with van der Waals surface area (Å²) in [7, 11) is 0. The standard InChI is InChI=1S/C15H15ClFNO/c16-11-5-3-4-10(8-11)13(9-18)15(19)12-6-1-2-7-14(12)17/h1-8,13,15,19H,9,18H2. The van der Waals surface area contributed by atoms with Crippen molar-refractivity contribution in [3.63, 3.8) is 0 Å². The zero-order valence-corrected chi connectivity index (χ0v) is 11.0. The Labute approximate surface area is 116 Å². The van der Waals surface area contributed by atoms with Crippen molar-refractivity contribution in [2.24, 2.45) is 5.73 Å². The van der Waals surface area contributed by atoms with Gasteiger partial charge in [-0.1, -0.05) is 41.9 Å². The summed E-state index contributed by atoms with van der Waals surface area (Å²) < 4.78 is 13.7. The predicted molar refractivity (Wildman–Crippen MR) is 74.6 cm³/mol. The quantitative estimate of drug-likeness (QED) is 0.902. The third-order valence-electron chi connectivity index (χ3n) is 3.14. The number of hydrogen-bond donors (Lipinski definition) is 2. The largest absolute Gasteiger partial charge is 0.388 e. The van der Waals surface area contributed by atoms with E-state index in [2.05, 4.69) is 0 Å². The molecule has 0 spiro atoms. The second-order valence-electron chi connectivity index (χ2n) is 4.36. The van der Waals surface area contributed by atoms with Crippen LogP contribution in [-0.2, 0) is 0 Å². The molecule has 19 heavy (non-hydrogen) atoms. The number of halogens is 2. The third kappa shape index (κ3) is 3.13. The van der Waals surface area contributed by atoms with Crippen LogP contribution in [0.1, 0.15) is 23.1 Å². The molecule has 0 aliphatic carbocycles. The van der Waals surface area contributed by atoms with Gasteiger partial charge in [-0.15, -0.1) is 0 Å². The van der Waals surface area contributed by atoms with Crippen LogP contribution in [0.5, 0.6) is 0 Å². The Kier molecular flexibility index (Phi) is 4.53. The van der Waals surface area contributed by atoms with Crippen LogP contribution in [0.2, 0.25) is 5.02 Å². The smallest absolute Gasteiger partial charge is 0.129 e. The van der Waals surface area contributed by atoms with Gasteiger partial charge < -0.3 is 10.8 Å². The average molecular weight is 280 g/mol. The molecule has 0 aliphatic rings. The molecule has 0 aliphatic heterocycles. The second-order valence-corrected chi connectivity index (χ2v) is 4.80. The molecule has 0 bridgehead atoms. The lowest BCUT2D eigenvalue weighted by Crippen LogP contribution is -2.21. The van der Waals surface area contributed by atoms with Crippen LogP contribution >= 0.6 is 11.6 Å². The minimum absolute atomic E-state index is 0.204. The van der Waals surface area contributed by atoms with E-state index >= 15 is 0 Å². The fourth-order valence-corrected chi connectivity index (χ4v) is 2.31. The van der Waals surface area contributed by atoms with Crippen LogP contribution in [0.3, 0.4) is 0 Å². The van der Waals surface area contributed by atoms with E-state index in [1.807, 2.05) is 6.07 Å². The molecule has 3 N–H and O–H groups in total. The van der Waals surface area contributed by atoms with Crippen molar-refractivity contribution in [2.45, 2.75) is 12.0 Å². The zero-order valence-electron chi connectivity index (χ0n) is 10.3. The SMILES string of the molecule is NCC(c1cccc(Cl)c1)C(O)c1ccccc1F. The summed E-state index contributed by atoms with van der Waals surface area (Å²) >= 11 is 5.93. The Bertz CT molecular complexity index is 561. The van der Waals surface area contributed by atoms with Crippen molar-refractivity contribution >= 4 is 11.6 Å². The molecule has 0 aromatic heterocycles. The van der Waals surface area contributed by atoms with Gasteiger partial charge in [-0.25, -0.2) is 4.39 Å². The summed E-state index contributed by atoms with van der Waals surface area (Å²) in [6.07, 6.45) is -0.996. The molecule has 0 amide bonds. The molecule has 0 saturated heterocycles. The molecule has 0 heterocycles. The van der Waals surface area contributed by atoms with E-state index in [-0.39, 0.29) is 12.1 Å². The zero-order chi connectivity index (χ0) is 13.8. The number of rotatable bonds is 4. The Morgan fingerprint density at radius 3 is 2.53 bits per heavy atom. The van der Waals surface area contributed by atoms with Crippen molar-refractivity contribution in [3.8, 4) is 0 Å². The van der Waals surface area contributed by atoms with Crippen molar-refractivity contribution in [1.29, 1.82) is 0 Å². The highest BCUT2D eigenvalue weighted by molar-refractivity contribution is 6.30. The molecule has 2 unspecified atom stereocenters. The van der Waals surface area contributed by atoms with Crippen molar-refractivity contribution in [3.05, 3.63) is 70.5 Å². The summed E-state index contributed by atoms with van der Waals surface area (Å²) in [6.45, 7) is 0.204. The van der Waals surface area contributed by atoms with Gasteiger partial charge in [-0.05, 0) is 23.8 Å². The number of aliphatic hydroxyl groups is 1. The van der Waals surface area contributed by atoms with Crippen molar-refractivity contribution in [1.82, 2.24) is 0 Å². The Balaban J connectivity index is 2.35. The Hall–Kier alpha value is -1.42. The van der Waals surface area contributed by atoms with Gasteiger partial charge in [0.05, 0.1) is 6.10 Å². The summed E-state index contributed by atoms with van der Waals surface area (Å²) in [5, 5.41) is 10.9. The lowest BCUT2D eigenvalue weighted by Gasteiger charge is -2.22. The van der Waals surface area contributed by atoms with Crippen LogP contribution < -0.4 is 5.73 Å². The van der Waals surface area contributed by atoms with Gasteiger partial charge in [0.1, 0.15) is 5.82 Å². The summed E-state index contributed by atoms with van der Waals surface area (Å²) in [5.41, 5.74) is 6.76. The first-order valence-electron chi connectivity index (χ1n) is 6.01. The summed E-state index contributed by atoms with van der Waals surface area (Å²) in [4.78, 5) is 0. The number of benzene rings is 2. The first kappa shape index (κ1) is 14.0. The van der Waals surface area contributed by atoms with Gasteiger partial charge in [-0.3, -0.25) is 0 Å². The molecule has 2 rings (SSSR count). The summed E-state index contributed by atoms with van der Waals surface area (Å²) in [5.74, 6) is -0.828. The van der Waals surface area contributed by atoms with Gasteiger partial charge in [0.15, 0.2) is 0 Å². The maximum atomic E-state index is 13.7. The fourth-order valence-electron chi connectivity index (χ4n) is 2.12. The lowest BCUT2D eigenvalue weighted by atomic mass is 9.89. The molecule has 2 nitrogen and oxygen atoms in total. The maximum Gasteiger partial charge on any atom is 0.129 e. The van der Waals surface area contributed by atoms with Crippen molar-refractivity contribution in [2.75, 3.05) is 6.54 Å². The molecule has 0 saturated carbocycles. The van der Waals surface area contributed by atoms with E-state index in [4.69, 9.17) is 17.3 Å². The molecular weight excluding hydrogens is 265 g/mol. The number of aliphatic hydroxyl groups excluding tert-OH is 1. The molecule has 2 atom stereocenters. The maximum absolute atomic E-state index is 13.7. The molecular formula is C15H15ClFNO. The summed E-state index contributed by atoms with van der Waals surface area (Å²) in [6, 6.07) is 13.3. The van der Waals surface area contributed by atoms with E-state index < -0.39 is 17.8 Å². The van der Waals surface area contributed by atoms with E-state index in [9.17, 15) is 9.50 Å². The minimum atomic E-state index is -0.996. The Morgan fingerprint density at radius 2 is 1.89 bits per heavy atom. The van der Waals surface area contributed by atoms with Gasteiger partial charge in [-0.2, -0.15) is 0 Å². The van der Waals surface area contributed by atoms with Crippen LogP contribution in [0.25, 0.3) is 0 Å². The van der Waals surface area contributed by atoms with Gasteiger partial charge in [0.2, 0.25) is 0 Å². The first-order chi connectivity index (χ1) is 9.13. The van der Waals surface area contributed by atoms with Gasteiger partial charge in [0, 0.05) is 23.0 Å². The Morgan fingerprint density at radius 1 is 1.16 bits per heavy atom. The minimum Gasteiger partial charge on any atom is -0.388 e. The second kappa shape index (κ2) is 6.15. The topological polar surface area (TPSA) is 46.2 Å². The highest BCUT2D eigenvalue weighted by atomic mass is 35.5. The van der Waals surface area contributed by atoms with Crippen LogP contribution in [0.4, 0.5) is 4.39 Å². The predicted octanol–water partition coefficient (Wildman–Crippen LogP) is 3.26. The average Bonchev–Trinajstić information content (AvgIpc) is 2.40. The van der Waals surface area contributed by atoms with E-state index in [1.54, 1.807) is 36.4 Å². The van der Waals surface area contributed by atoms with E-state index in [0.29, 0.717) is 5.02 Å². The lowest BCUT2D eigenvalue weighted by molar-refractivity contribution is 0.143. The van der Waals surface area contributed by atoms with Gasteiger partial charge in [0.25, 0.3) is 0 Å². The van der Waals surface area contributed by atoms with Crippen LogP contribution in [0.15, 0.2) is 48.5 Å². The van der Waals surface area contributed by atoms with E-state index in [1.165, 1.54) is 6.07 Å². The van der Waals surface area contributed by atoms with Crippen LogP contribution in [0, 0.1) is 5.82 Å². The number of nitrogens with two attached hydrogens (primary N) is 1. The molecule has 0 fully saturated rings. The third-order valence-corrected chi connectivity index (χ3v) is 3.37. The first-order valence-corrected chi connectivity index (χ1v) is 6.39. The monoisotopic (exact) mass is 279 g/mol.